The zero-order chi connectivity index (χ0) is 15.5. The second kappa shape index (κ2) is 6.68. The molecule has 0 atom stereocenters. The van der Waals surface area contributed by atoms with E-state index in [4.69, 9.17) is 16.3 Å². The number of amides is 2. The molecule has 2 amide bonds. The van der Waals surface area contributed by atoms with Crippen LogP contribution in [0.15, 0.2) is 17.6 Å². The molecule has 0 bridgehead atoms. The average Bonchev–Trinajstić information content (AvgIpc) is 3.07. The molecule has 1 aliphatic heterocycles. The maximum atomic E-state index is 12.0. The standard InChI is InChI=1S/C14H17ClN4O2S/c1-9-12(8-16-19(9)10-2-5-21-6-3-10)18-14(20)17-11-4-7-22-13(11)15/h4,7-8,10H,2-3,5-6H2,1H3,(H2,17,18,20). The van der Waals surface area contributed by atoms with Gasteiger partial charge in [0.2, 0.25) is 0 Å². The van der Waals surface area contributed by atoms with Crippen molar-refractivity contribution in [3.05, 3.63) is 27.7 Å². The van der Waals surface area contributed by atoms with Crippen molar-refractivity contribution in [1.29, 1.82) is 0 Å². The monoisotopic (exact) mass is 340 g/mol. The largest absolute Gasteiger partial charge is 0.381 e. The first-order chi connectivity index (χ1) is 10.6. The predicted octanol–water partition coefficient (Wildman–Crippen LogP) is 3.90. The maximum Gasteiger partial charge on any atom is 0.323 e. The molecule has 0 radical (unpaired) electrons. The normalized spacial score (nSPS) is 15.7. The number of aromatic nitrogens is 2. The molecule has 2 aromatic heterocycles. The third-order valence-electron chi connectivity index (χ3n) is 3.70. The molecule has 2 N–H and O–H groups in total. The first-order valence-corrected chi connectivity index (χ1v) is 8.34. The van der Waals surface area contributed by atoms with Crippen molar-refractivity contribution in [3.63, 3.8) is 0 Å². The van der Waals surface area contributed by atoms with Crippen LogP contribution in [0.4, 0.5) is 16.2 Å². The van der Waals surface area contributed by atoms with Gasteiger partial charge in [0.15, 0.2) is 0 Å². The van der Waals surface area contributed by atoms with Crippen LogP contribution in [0, 0.1) is 6.92 Å². The lowest BCUT2D eigenvalue weighted by Crippen LogP contribution is -2.22. The Morgan fingerprint density at radius 3 is 2.82 bits per heavy atom. The molecule has 22 heavy (non-hydrogen) atoms. The minimum atomic E-state index is -0.324. The fourth-order valence-corrected chi connectivity index (χ4v) is 3.34. The molecule has 3 heterocycles. The van der Waals surface area contributed by atoms with Crippen molar-refractivity contribution in [2.24, 2.45) is 0 Å². The maximum absolute atomic E-state index is 12.0. The topological polar surface area (TPSA) is 68.2 Å². The average molecular weight is 341 g/mol. The summed E-state index contributed by atoms with van der Waals surface area (Å²) < 4.78 is 7.90. The number of ether oxygens (including phenoxy) is 1. The number of nitrogens with one attached hydrogen (secondary N) is 2. The minimum Gasteiger partial charge on any atom is -0.381 e. The predicted molar refractivity (Wildman–Crippen MR) is 88.0 cm³/mol. The van der Waals surface area contributed by atoms with E-state index in [9.17, 15) is 4.79 Å². The molecule has 0 unspecified atom stereocenters. The SMILES string of the molecule is Cc1c(NC(=O)Nc2ccsc2Cl)cnn1C1CCOCC1. The molecule has 2 aromatic rings. The minimum absolute atomic E-state index is 0.324. The van der Waals surface area contributed by atoms with Crippen LogP contribution in [0.3, 0.4) is 0 Å². The van der Waals surface area contributed by atoms with Crippen LogP contribution >= 0.6 is 22.9 Å². The highest BCUT2D eigenvalue weighted by Crippen LogP contribution is 2.28. The molecule has 0 saturated carbocycles. The number of nitrogens with zero attached hydrogens (tertiary/aromatic N) is 2. The fraction of sp³-hybridized carbons (Fsp3) is 0.429. The van der Waals surface area contributed by atoms with Crippen molar-refractivity contribution in [1.82, 2.24) is 9.78 Å². The Kier molecular flexibility index (Phi) is 4.66. The highest BCUT2D eigenvalue weighted by molar-refractivity contribution is 7.15. The second-order valence-electron chi connectivity index (χ2n) is 5.12. The third kappa shape index (κ3) is 3.26. The van der Waals surface area contributed by atoms with Crippen molar-refractivity contribution >= 4 is 40.3 Å². The summed E-state index contributed by atoms with van der Waals surface area (Å²) in [4.78, 5) is 12.0. The quantitative estimate of drug-likeness (QED) is 0.890. The van der Waals surface area contributed by atoms with Crippen LogP contribution in [0.2, 0.25) is 4.34 Å². The molecule has 0 aromatic carbocycles. The lowest BCUT2D eigenvalue weighted by Gasteiger charge is -2.23. The van der Waals surface area contributed by atoms with E-state index in [0.29, 0.717) is 21.8 Å². The van der Waals surface area contributed by atoms with Gasteiger partial charge in [0.05, 0.1) is 29.3 Å². The van der Waals surface area contributed by atoms with Crippen LogP contribution in [0.1, 0.15) is 24.6 Å². The van der Waals surface area contributed by atoms with E-state index in [1.807, 2.05) is 17.0 Å². The Morgan fingerprint density at radius 2 is 2.14 bits per heavy atom. The van der Waals surface area contributed by atoms with E-state index in [2.05, 4.69) is 15.7 Å². The number of anilines is 2. The number of carbonyl (C=O) groups is 1. The Balaban J connectivity index is 1.66. The van der Waals surface area contributed by atoms with Crippen molar-refractivity contribution in [2.45, 2.75) is 25.8 Å². The van der Waals surface area contributed by atoms with Crippen LogP contribution in [-0.4, -0.2) is 29.0 Å². The molecular weight excluding hydrogens is 324 g/mol. The van der Waals surface area contributed by atoms with Gasteiger partial charge in [-0.3, -0.25) is 4.68 Å². The smallest absolute Gasteiger partial charge is 0.323 e. The zero-order valence-electron chi connectivity index (χ0n) is 12.1. The van der Waals surface area contributed by atoms with Gasteiger partial charge in [0.1, 0.15) is 4.34 Å². The van der Waals surface area contributed by atoms with Gasteiger partial charge in [-0.1, -0.05) is 11.6 Å². The third-order valence-corrected chi connectivity index (χ3v) is 4.87. The summed E-state index contributed by atoms with van der Waals surface area (Å²) in [6, 6.07) is 1.78. The molecule has 1 saturated heterocycles. The van der Waals surface area contributed by atoms with Crippen molar-refractivity contribution in [2.75, 3.05) is 23.8 Å². The van der Waals surface area contributed by atoms with Crippen molar-refractivity contribution in [3.8, 4) is 0 Å². The Bertz CT molecular complexity index is 664. The van der Waals surface area contributed by atoms with Crippen LogP contribution in [0.25, 0.3) is 0 Å². The zero-order valence-corrected chi connectivity index (χ0v) is 13.7. The van der Waals surface area contributed by atoms with E-state index in [1.54, 1.807) is 12.3 Å². The summed E-state index contributed by atoms with van der Waals surface area (Å²) in [6.07, 6.45) is 3.57. The number of thiophene rings is 1. The van der Waals surface area contributed by atoms with Gasteiger partial charge in [0, 0.05) is 13.2 Å². The highest BCUT2D eigenvalue weighted by Gasteiger charge is 2.20. The molecule has 1 fully saturated rings. The van der Waals surface area contributed by atoms with Crippen LogP contribution in [-0.2, 0) is 4.74 Å². The Morgan fingerprint density at radius 1 is 1.41 bits per heavy atom. The first kappa shape index (κ1) is 15.3. The van der Waals surface area contributed by atoms with E-state index < -0.39 is 0 Å². The summed E-state index contributed by atoms with van der Waals surface area (Å²) >= 11 is 7.34. The lowest BCUT2D eigenvalue weighted by atomic mass is 10.1. The molecular formula is C14H17ClN4O2S. The van der Waals surface area contributed by atoms with E-state index >= 15 is 0 Å². The second-order valence-corrected chi connectivity index (χ2v) is 6.64. The fourth-order valence-electron chi connectivity index (χ4n) is 2.50. The Labute approximate surface area is 137 Å². The van der Waals surface area contributed by atoms with Gasteiger partial charge in [-0.05, 0) is 31.2 Å². The summed E-state index contributed by atoms with van der Waals surface area (Å²) in [5, 5.41) is 11.8. The molecule has 0 spiro atoms. The molecule has 3 rings (SSSR count). The van der Waals surface area contributed by atoms with Gasteiger partial charge >= 0.3 is 6.03 Å². The summed E-state index contributed by atoms with van der Waals surface area (Å²) in [6.45, 7) is 3.46. The van der Waals surface area contributed by atoms with Crippen molar-refractivity contribution < 1.29 is 9.53 Å². The number of hydrogen-bond acceptors (Lipinski definition) is 4. The number of halogens is 1. The van der Waals surface area contributed by atoms with Gasteiger partial charge in [-0.25, -0.2) is 4.79 Å². The molecule has 1 aliphatic rings. The van der Waals surface area contributed by atoms with Gasteiger partial charge in [0.25, 0.3) is 0 Å². The van der Waals surface area contributed by atoms with Gasteiger partial charge in [-0.2, -0.15) is 5.10 Å². The number of hydrogen-bond donors (Lipinski definition) is 2. The summed E-state index contributed by atoms with van der Waals surface area (Å²) in [5.41, 5.74) is 2.26. The molecule has 118 valence electrons. The van der Waals surface area contributed by atoms with Crippen LogP contribution in [0.5, 0.6) is 0 Å². The summed E-state index contributed by atoms with van der Waals surface area (Å²) in [5.74, 6) is 0. The van der Waals surface area contributed by atoms with E-state index in [0.717, 1.165) is 31.7 Å². The number of carbonyl (C=O) groups excluding carboxylic acids is 1. The highest BCUT2D eigenvalue weighted by atomic mass is 35.5. The summed E-state index contributed by atoms with van der Waals surface area (Å²) in [7, 11) is 0. The van der Waals surface area contributed by atoms with Gasteiger partial charge < -0.3 is 15.4 Å². The molecule has 8 heteroatoms. The van der Waals surface area contributed by atoms with Gasteiger partial charge in [-0.15, -0.1) is 11.3 Å². The Hall–Kier alpha value is -1.57. The molecule has 6 nitrogen and oxygen atoms in total. The van der Waals surface area contributed by atoms with Crippen LogP contribution < -0.4 is 10.6 Å². The lowest BCUT2D eigenvalue weighted by molar-refractivity contribution is 0.0657. The molecule has 0 aliphatic carbocycles. The first-order valence-electron chi connectivity index (χ1n) is 7.08. The number of urea groups is 1. The van der Waals surface area contributed by atoms with E-state index in [-0.39, 0.29) is 6.03 Å². The number of rotatable bonds is 3. The van der Waals surface area contributed by atoms with E-state index in [1.165, 1.54) is 11.3 Å².